The quantitative estimate of drug-likeness (QED) is 0.392. The standard InChI is InChI=1S/C30H35F3N4O/c1-21(2)29(11-9-26(17-29)35-18-22-7-8-23-5-3-4-6-24(23)15-22)27-19-36(20-38)13-14-37(27)28-16-25(10-12-34-28)30(31,32)33/h3-8,10,12,15-16,20-21,26-27,35H,9,11,13-14,17-19H2,1-2H3/t26-,27?,29+/m1/s1. The first-order valence-electron chi connectivity index (χ1n) is 13.4. The number of pyridine rings is 1. The molecule has 1 aliphatic carbocycles. The SMILES string of the molecule is CC(C)[C@]1(C2CN(C=O)CCN2c2cc(C(F)(F)F)ccn2)CC[C@@H](NCc2ccc3ccccc3c2)C1. The summed E-state index contributed by atoms with van der Waals surface area (Å²) in [7, 11) is 0. The lowest BCUT2D eigenvalue weighted by molar-refractivity contribution is -0.137. The van der Waals surface area contributed by atoms with Gasteiger partial charge in [0.15, 0.2) is 0 Å². The number of carbonyl (C=O) groups excluding carboxylic acids is 1. The van der Waals surface area contributed by atoms with Crippen molar-refractivity contribution in [3.05, 3.63) is 71.9 Å². The van der Waals surface area contributed by atoms with E-state index in [1.165, 1.54) is 22.5 Å². The van der Waals surface area contributed by atoms with Crippen LogP contribution in [-0.4, -0.2) is 48.0 Å². The predicted octanol–water partition coefficient (Wildman–Crippen LogP) is 5.89. The van der Waals surface area contributed by atoms with Crippen LogP contribution in [0.1, 0.15) is 44.2 Å². The van der Waals surface area contributed by atoms with E-state index in [2.05, 4.69) is 54.5 Å². The van der Waals surface area contributed by atoms with Crippen molar-refractivity contribution in [2.24, 2.45) is 11.3 Å². The summed E-state index contributed by atoms with van der Waals surface area (Å²) in [6.45, 7) is 6.56. The van der Waals surface area contributed by atoms with Crippen molar-refractivity contribution in [2.45, 2.75) is 57.9 Å². The third-order valence-corrected chi connectivity index (χ3v) is 8.73. The molecule has 8 heteroatoms. The Bertz CT molecular complexity index is 1280. The number of fused-ring (bicyclic) bond motifs is 1. The highest BCUT2D eigenvalue weighted by atomic mass is 19.4. The molecule has 0 bridgehead atoms. The van der Waals surface area contributed by atoms with Gasteiger partial charge < -0.3 is 15.1 Å². The van der Waals surface area contributed by atoms with Gasteiger partial charge >= 0.3 is 6.18 Å². The van der Waals surface area contributed by atoms with Crippen LogP contribution in [0.3, 0.4) is 0 Å². The van der Waals surface area contributed by atoms with E-state index in [0.717, 1.165) is 44.4 Å². The lowest BCUT2D eigenvalue weighted by Gasteiger charge is -2.51. The Kier molecular flexibility index (Phi) is 7.36. The number of carbonyl (C=O) groups is 1. The van der Waals surface area contributed by atoms with Gasteiger partial charge in [-0.15, -0.1) is 0 Å². The molecule has 2 aliphatic rings. The van der Waals surface area contributed by atoms with Gasteiger partial charge in [0, 0.05) is 38.4 Å². The lowest BCUT2D eigenvalue weighted by Crippen LogP contribution is -2.61. The molecule has 3 aromatic rings. The average molecular weight is 525 g/mol. The molecule has 1 amide bonds. The Morgan fingerprint density at radius 2 is 1.89 bits per heavy atom. The minimum absolute atomic E-state index is 0.120. The number of amides is 1. The summed E-state index contributed by atoms with van der Waals surface area (Å²) in [6.07, 6.45) is 0.484. The smallest absolute Gasteiger partial charge is 0.349 e. The van der Waals surface area contributed by atoms with Crippen molar-refractivity contribution in [2.75, 3.05) is 24.5 Å². The molecule has 5 rings (SSSR count). The summed E-state index contributed by atoms with van der Waals surface area (Å²) in [5.41, 5.74) is 0.364. The van der Waals surface area contributed by atoms with Crippen LogP contribution in [0, 0.1) is 11.3 Å². The minimum atomic E-state index is -4.43. The number of hydrogen-bond acceptors (Lipinski definition) is 4. The highest BCUT2D eigenvalue weighted by Gasteiger charge is 2.51. The van der Waals surface area contributed by atoms with Crippen LogP contribution in [0.4, 0.5) is 19.0 Å². The predicted molar refractivity (Wildman–Crippen MR) is 144 cm³/mol. The molecule has 0 radical (unpaired) electrons. The van der Waals surface area contributed by atoms with Crippen molar-refractivity contribution in [3.63, 3.8) is 0 Å². The maximum Gasteiger partial charge on any atom is 0.416 e. The van der Waals surface area contributed by atoms with Crippen LogP contribution in [0.15, 0.2) is 60.8 Å². The molecule has 1 unspecified atom stereocenters. The first-order chi connectivity index (χ1) is 18.2. The number of hydrogen-bond donors (Lipinski definition) is 1. The molecule has 1 aromatic heterocycles. The summed E-state index contributed by atoms with van der Waals surface area (Å²) in [6, 6.07) is 17.2. The number of rotatable bonds is 7. The molecule has 1 saturated heterocycles. The van der Waals surface area contributed by atoms with Gasteiger partial charge in [-0.3, -0.25) is 4.79 Å². The number of anilines is 1. The summed E-state index contributed by atoms with van der Waals surface area (Å²) in [4.78, 5) is 19.9. The molecule has 1 saturated carbocycles. The van der Waals surface area contributed by atoms with Crippen LogP contribution in [-0.2, 0) is 17.5 Å². The first-order valence-corrected chi connectivity index (χ1v) is 13.4. The second-order valence-electron chi connectivity index (χ2n) is 11.1. The molecule has 1 N–H and O–H groups in total. The van der Waals surface area contributed by atoms with Crippen molar-refractivity contribution in [1.82, 2.24) is 15.2 Å². The molecule has 3 atom stereocenters. The van der Waals surface area contributed by atoms with Crippen molar-refractivity contribution in [1.29, 1.82) is 0 Å². The number of benzene rings is 2. The number of nitrogens with one attached hydrogen (secondary N) is 1. The second kappa shape index (κ2) is 10.6. The fraction of sp³-hybridized carbons (Fsp3) is 0.467. The van der Waals surface area contributed by atoms with E-state index in [0.29, 0.717) is 25.5 Å². The molecule has 0 spiro atoms. The molecule has 2 fully saturated rings. The van der Waals surface area contributed by atoms with Crippen LogP contribution < -0.4 is 10.2 Å². The highest BCUT2D eigenvalue weighted by Crippen LogP contribution is 2.50. The van der Waals surface area contributed by atoms with Gasteiger partial charge in [-0.2, -0.15) is 13.2 Å². The summed E-state index contributed by atoms with van der Waals surface area (Å²) < 4.78 is 40.5. The fourth-order valence-electron chi connectivity index (χ4n) is 6.52. The van der Waals surface area contributed by atoms with E-state index in [4.69, 9.17) is 0 Å². The Labute approximate surface area is 222 Å². The highest BCUT2D eigenvalue weighted by molar-refractivity contribution is 5.82. The van der Waals surface area contributed by atoms with E-state index in [-0.39, 0.29) is 23.4 Å². The van der Waals surface area contributed by atoms with Gasteiger partial charge in [0.2, 0.25) is 6.41 Å². The van der Waals surface area contributed by atoms with Crippen LogP contribution >= 0.6 is 0 Å². The molecular weight excluding hydrogens is 489 g/mol. The van der Waals surface area contributed by atoms with E-state index >= 15 is 0 Å². The van der Waals surface area contributed by atoms with Crippen LogP contribution in [0.5, 0.6) is 0 Å². The number of alkyl halides is 3. The zero-order chi connectivity index (χ0) is 26.9. The maximum absolute atomic E-state index is 13.5. The van der Waals surface area contributed by atoms with Crippen molar-refractivity contribution in [3.8, 4) is 0 Å². The van der Waals surface area contributed by atoms with E-state index in [9.17, 15) is 18.0 Å². The van der Waals surface area contributed by atoms with Crippen LogP contribution in [0.25, 0.3) is 10.8 Å². The average Bonchev–Trinajstić information content (AvgIpc) is 3.37. The zero-order valence-electron chi connectivity index (χ0n) is 21.9. The van der Waals surface area contributed by atoms with E-state index in [1.807, 2.05) is 17.0 Å². The monoisotopic (exact) mass is 524 g/mol. The Balaban J connectivity index is 1.38. The number of aromatic nitrogens is 1. The van der Waals surface area contributed by atoms with Crippen molar-refractivity contribution < 1.29 is 18.0 Å². The summed E-state index contributed by atoms with van der Waals surface area (Å²) >= 11 is 0. The Hall–Kier alpha value is -3.13. The summed E-state index contributed by atoms with van der Waals surface area (Å²) in [5.74, 6) is 0.614. The molecule has 38 heavy (non-hydrogen) atoms. The normalized spacial score (nSPS) is 24.4. The molecule has 5 nitrogen and oxygen atoms in total. The van der Waals surface area contributed by atoms with E-state index < -0.39 is 11.7 Å². The largest absolute Gasteiger partial charge is 0.416 e. The number of nitrogens with zero attached hydrogens (tertiary/aromatic N) is 3. The molecule has 1 aliphatic heterocycles. The zero-order valence-corrected chi connectivity index (χ0v) is 21.9. The number of halogens is 3. The van der Waals surface area contributed by atoms with Crippen LogP contribution in [0.2, 0.25) is 0 Å². The molecule has 2 heterocycles. The van der Waals surface area contributed by atoms with E-state index in [1.54, 1.807) is 4.90 Å². The fourth-order valence-corrected chi connectivity index (χ4v) is 6.52. The minimum Gasteiger partial charge on any atom is -0.349 e. The third kappa shape index (κ3) is 5.23. The molecule has 2 aromatic carbocycles. The Morgan fingerprint density at radius 1 is 1.11 bits per heavy atom. The van der Waals surface area contributed by atoms with Gasteiger partial charge in [0.25, 0.3) is 0 Å². The van der Waals surface area contributed by atoms with Gasteiger partial charge in [0.05, 0.1) is 11.6 Å². The summed E-state index contributed by atoms with van der Waals surface area (Å²) in [5, 5.41) is 6.19. The van der Waals surface area contributed by atoms with Gasteiger partial charge in [-0.1, -0.05) is 50.2 Å². The molecular formula is C30H35F3N4O. The third-order valence-electron chi connectivity index (χ3n) is 8.73. The maximum atomic E-state index is 13.5. The second-order valence-corrected chi connectivity index (χ2v) is 11.1. The van der Waals surface area contributed by atoms with Gasteiger partial charge in [-0.05, 0) is 65.1 Å². The van der Waals surface area contributed by atoms with Gasteiger partial charge in [-0.25, -0.2) is 4.98 Å². The Morgan fingerprint density at radius 3 is 2.63 bits per heavy atom. The first kappa shape index (κ1) is 26.5. The number of piperazine rings is 1. The lowest BCUT2D eigenvalue weighted by atomic mass is 9.68. The van der Waals surface area contributed by atoms with Gasteiger partial charge in [0.1, 0.15) is 5.82 Å². The molecule has 202 valence electrons. The van der Waals surface area contributed by atoms with Crippen molar-refractivity contribution >= 4 is 23.0 Å². The topological polar surface area (TPSA) is 48.5 Å².